The van der Waals surface area contributed by atoms with Crippen molar-refractivity contribution in [1.29, 1.82) is 5.26 Å². The highest BCUT2D eigenvalue weighted by Crippen LogP contribution is 2.04. The lowest BCUT2D eigenvalue weighted by Crippen LogP contribution is -2.02. The molecule has 0 aromatic carbocycles. The van der Waals surface area contributed by atoms with Crippen LogP contribution in [0.5, 0.6) is 0 Å². The standard InChI is InChI=1S/C6H9NO2/c1-5(2-3-7)4-6(8)9/h5H,2,4H2,1H3,(H,8,9)/t5-/m1/s1. The summed E-state index contributed by atoms with van der Waals surface area (Å²) in [4.78, 5) is 9.98. The van der Waals surface area contributed by atoms with Gasteiger partial charge in [-0.1, -0.05) is 6.92 Å². The normalized spacial score (nSPS) is 12.0. The molecule has 3 nitrogen and oxygen atoms in total. The van der Waals surface area contributed by atoms with E-state index in [-0.39, 0.29) is 12.3 Å². The van der Waals surface area contributed by atoms with Crippen LogP contribution < -0.4 is 0 Å². The van der Waals surface area contributed by atoms with E-state index in [2.05, 4.69) is 0 Å². The van der Waals surface area contributed by atoms with Gasteiger partial charge in [0.25, 0.3) is 0 Å². The van der Waals surface area contributed by atoms with Crippen LogP contribution in [-0.4, -0.2) is 11.1 Å². The van der Waals surface area contributed by atoms with Crippen molar-refractivity contribution in [3.63, 3.8) is 0 Å². The molecule has 0 aliphatic heterocycles. The lowest BCUT2D eigenvalue weighted by Gasteiger charge is -1.99. The van der Waals surface area contributed by atoms with Crippen LogP contribution in [-0.2, 0) is 4.79 Å². The van der Waals surface area contributed by atoms with Gasteiger partial charge in [0.15, 0.2) is 0 Å². The number of hydrogen-bond acceptors (Lipinski definition) is 2. The summed E-state index contributed by atoms with van der Waals surface area (Å²) in [5.41, 5.74) is 0. The molecule has 0 aliphatic carbocycles. The van der Waals surface area contributed by atoms with Gasteiger partial charge in [0.2, 0.25) is 0 Å². The first-order valence-corrected chi connectivity index (χ1v) is 2.75. The molecule has 9 heavy (non-hydrogen) atoms. The molecule has 0 heterocycles. The quantitative estimate of drug-likeness (QED) is 0.615. The summed E-state index contributed by atoms with van der Waals surface area (Å²) in [6.07, 6.45) is 0.417. The Kier molecular flexibility index (Phi) is 3.45. The zero-order valence-corrected chi connectivity index (χ0v) is 5.29. The van der Waals surface area contributed by atoms with E-state index in [1.807, 2.05) is 6.07 Å². The Bertz CT molecular complexity index is 136. The van der Waals surface area contributed by atoms with Crippen molar-refractivity contribution in [1.82, 2.24) is 0 Å². The molecule has 50 valence electrons. The number of nitriles is 1. The van der Waals surface area contributed by atoms with Gasteiger partial charge in [-0.15, -0.1) is 0 Å². The lowest BCUT2D eigenvalue weighted by atomic mass is 10.1. The molecule has 1 atom stereocenters. The summed E-state index contributed by atoms with van der Waals surface area (Å²) in [5, 5.41) is 16.3. The van der Waals surface area contributed by atoms with Gasteiger partial charge in [-0.25, -0.2) is 0 Å². The second-order valence-corrected chi connectivity index (χ2v) is 2.07. The molecular weight excluding hydrogens is 118 g/mol. The Morgan fingerprint density at radius 3 is 2.78 bits per heavy atom. The molecule has 3 heteroatoms. The first-order chi connectivity index (χ1) is 4.16. The number of carboxylic acids is 1. The molecule has 0 fully saturated rings. The van der Waals surface area contributed by atoms with Crippen LogP contribution in [0.15, 0.2) is 0 Å². The second kappa shape index (κ2) is 3.90. The van der Waals surface area contributed by atoms with Crippen LogP contribution in [0.25, 0.3) is 0 Å². The fourth-order valence-electron chi connectivity index (χ4n) is 0.526. The van der Waals surface area contributed by atoms with Gasteiger partial charge in [-0.3, -0.25) is 4.79 Å². The average molecular weight is 127 g/mol. The van der Waals surface area contributed by atoms with E-state index in [1.54, 1.807) is 6.92 Å². The van der Waals surface area contributed by atoms with Gasteiger partial charge < -0.3 is 5.11 Å². The molecule has 0 aromatic heterocycles. The Labute approximate surface area is 53.9 Å². The molecule has 0 saturated carbocycles. The van der Waals surface area contributed by atoms with Crippen LogP contribution >= 0.6 is 0 Å². The first kappa shape index (κ1) is 7.96. The van der Waals surface area contributed by atoms with E-state index in [9.17, 15) is 4.79 Å². The van der Waals surface area contributed by atoms with E-state index in [0.29, 0.717) is 6.42 Å². The highest BCUT2D eigenvalue weighted by atomic mass is 16.4. The van der Waals surface area contributed by atoms with Crippen molar-refractivity contribution in [3.8, 4) is 6.07 Å². The molecule has 0 radical (unpaired) electrons. The van der Waals surface area contributed by atoms with Crippen molar-refractivity contribution < 1.29 is 9.90 Å². The zero-order valence-electron chi connectivity index (χ0n) is 5.29. The maximum atomic E-state index is 9.98. The number of carboxylic acid groups (broad SMARTS) is 1. The van der Waals surface area contributed by atoms with Gasteiger partial charge in [-0.05, 0) is 5.92 Å². The minimum Gasteiger partial charge on any atom is -0.481 e. The molecule has 0 unspecified atom stereocenters. The fraction of sp³-hybridized carbons (Fsp3) is 0.667. The molecule has 0 spiro atoms. The minimum atomic E-state index is -0.835. The summed E-state index contributed by atoms with van der Waals surface area (Å²) < 4.78 is 0. The monoisotopic (exact) mass is 127 g/mol. The van der Waals surface area contributed by atoms with Crippen LogP contribution in [0.3, 0.4) is 0 Å². The number of nitrogens with zero attached hydrogens (tertiary/aromatic N) is 1. The Hall–Kier alpha value is -1.04. The fourth-order valence-corrected chi connectivity index (χ4v) is 0.526. The van der Waals surface area contributed by atoms with E-state index < -0.39 is 5.97 Å². The number of hydrogen-bond donors (Lipinski definition) is 1. The number of carbonyl (C=O) groups is 1. The van der Waals surface area contributed by atoms with Gasteiger partial charge in [0.1, 0.15) is 0 Å². The van der Waals surface area contributed by atoms with Crippen LogP contribution in [0.2, 0.25) is 0 Å². The number of rotatable bonds is 3. The largest absolute Gasteiger partial charge is 0.481 e. The summed E-state index contributed by atoms with van der Waals surface area (Å²) in [5.74, 6) is -0.856. The average Bonchev–Trinajstić information content (AvgIpc) is 1.63. The van der Waals surface area contributed by atoms with Gasteiger partial charge in [0, 0.05) is 12.8 Å². The molecule has 0 saturated heterocycles. The second-order valence-electron chi connectivity index (χ2n) is 2.07. The Balaban J connectivity index is 3.40. The zero-order chi connectivity index (χ0) is 7.28. The van der Waals surface area contributed by atoms with E-state index in [0.717, 1.165) is 0 Å². The summed E-state index contributed by atoms with van der Waals surface area (Å²) >= 11 is 0. The highest BCUT2D eigenvalue weighted by molar-refractivity contribution is 5.66. The SMILES string of the molecule is C[C@H](CC#N)CC(=O)O. The lowest BCUT2D eigenvalue weighted by molar-refractivity contribution is -0.137. The topological polar surface area (TPSA) is 61.1 Å². The van der Waals surface area contributed by atoms with E-state index in [4.69, 9.17) is 10.4 Å². The molecule has 0 aromatic rings. The van der Waals surface area contributed by atoms with Crippen molar-refractivity contribution in [3.05, 3.63) is 0 Å². The van der Waals surface area contributed by atoms with Gasteiger partial charge in [0.05, 0.1) is 6.07 Å². The van der Waals surface area contributed by atoms with Crippen molar-refractivity contribution in [2.75, 3.05) is 0 Å². The van der Waals surface area contributed by atoms with Crippen LogP contribution in [0.1, 0.15) is 19.8 Å². The van der Waals surface area contributed by atoms with Crippen molar-refractivity contribution in [2.24, 2.45) is 5.92 Å². The minimum absolute atomic E-state index is 0.0208. The predicted octanol–water partition coefficient (Wildman–Crippen LogP) is 1.01. The third-order valence-electron chi connectivity index (χ3n) is 0.963. The molecule has 1 N–H and O–H groups in total. The first-order valence-electron chi connectivity index (χ1n) is 2.75. The molecule has 0 rings (SSSR count). The van der Waals surface area contributed by atoms with Crippen molar-refractivity contribution >= 4 is 5.97 Å². The highest BCUT2D eigenvalue weighted by Gasteiger charge is 2.05. The van der Waals surface area contributed by atoms with Gasteiger partial charge >= 0.3 is 5.97 Å². The summed E-state index contributed by atoms with van der Waals surface area (Å²) in [6, 6.07) is 1.91. The molecule has 0 bridgehead atoms. The summed E-state index contributed by atoms with van der Waals surface area (Å²) in [7, 11) is 0. The Morgan fingerprint density at radius 2 is 2.44 bits per heavy atom. The summed E-state index contributed by atoms with van der Waals surface area (Å²) in [6.45, 7) is 1.75. The van der Waals surface area contributed by atoms with E-state index >= 15 is 0 Å². The number of aliphatic carboxylic acids is 1. The molecular formula is C6H9NO2. The van der Waals surface area contributed by atoms with Crippen LogP contribution in [0.4, 0.5) is 0 Å². The molecule has 0 amide bonds. The third-order valence-corrected chi connectivity index (χ3v) is 0.963. The molecule has 0 aliphatic rings. The third kappa shape index (κ3) is 4.82. The Morgan fingerprint density at radius 1 is 1.89 bits per heavy atom. The van der Waals surface area contributed by atoms with Crippen molar-refractivity contribution in [2.45, 2.75) is 19.8 Å². The van der Waals surface area contributed by atoms with E-state index in [1.165, 1.54) is 0 Å². The predicted molar refractivity (Wildman–Crippen MR) is 31.6 cm³/mol. The van der Waals surface area contributed by atoms with Gasteiger partial charge in [-0.2, -0.15) is 5.26 Å². The maximum Gasteiger partial charge on any atom is 0.303 e. The smallest absolute Gasteiger partial charge is 0.303 e. The van der Waals surface area contributed by atoms with Crippen LogP contribution in [0, 0.1) is 17.2 Å². The maximum absolute atomic E-state index is 9.98.